The Hall–Kier alpha value is -2.60. The fourth-order valence-electron chi connectivity index (χ4n) is 2.65. The van der Waals surface area contributed by atoms with E-state index in [1.165, 1.54) is 11.3 Å². The van der Waals surface area contributed by atoms with E-state index in [9.17, 15) is 9.59 Å². The number of carboxylic acid groups (broad SMARTS) is 1. The van der Waals surface area contributed by atoms with E-state index < -0.39 is 5.97 Å². The molecule has 1 aromatic carbocycles. The first-order valence-electron chi connectivity index (χ1n) is 7.46. The molecule has 1 N–H and O–H groups in total. The predicted molar refractivity (Wildman–Crippen MR) is 87.8 cm³/mol. The van der Waals surface area contributed by atoms with Crippen molar-refractivity contribution in [2.75, 3.05) is 0 Å². The van der Waals surface area contributed by atoms with Gasteiger partial charge in [-0.05, 0) is 23.8 Å². The van der Waals surface area contributed by atoms with Gasteiger partial charge in [0.15, 0.2) is 0 Å². The Morgan fingerprint density at radius 3 is 2.71 bits per heavy atom. The van der Waals surface area contributed by atoms with Gasteiger partial charge < -0.3 is 9.52 Å². The summed E-state index contributed by atoms with van der Waals surface area (Å²) in [6, 6.07) is 10.4. The summed E-state index contributed by atoms with van der Waals surface area (Å²) >= 11 is 6.27. The highest BCUT2D eigenvalue weighted by atomic mass is 35.5. The Morgan fingerprint density at radius 2 is 2.04 bits per heavy atom. The van der Waals surface area contributed by atoms with Crippen LogP contribution in [0.5, 0.6) is 0 Å². The second-order valence-electron chi connectivity index (χ2n) is 5.40. The second-order valence-corrected chi connectivity index (χ2v) is 5.80. The third-order valence-corrected chi connectivity index (χ3v) is 4.13. The molecule has 0 spiro atoms. The zero-order valence-electron chi connectivity index (χ0n) is 12.7. The maximum absolute atomic E-state index is 12.4. The fraction of sp³-hybridized carbons (Fsp3) is 0.235. The minimum atomic E-state index is -1.02. The van der Waals surface area contributed by atoms with Crippen LogP contribution in [0, 0.1) is 0 Å². The van der Waals surface area contributed by atoms with Crippen molar-refractivity contribution < 1.29 is 19.1 Å². The van der Waals surface area contributed by atoms with Gasteiger partial charge in [-0.3, -0.25) is 9.59 Å². The highest BCUT2D eigenvalue weighted by Crippen LogP contribution is 2.36. The number of rotatable bonds is 5. The average molecular weight is 347 g/mol. The van der Waals surface area contributed by atoms with Crippen LogP contribution in [0.4, 0.5) is 0 Å². The minimum Gasteiger partial charge on any atom is -0.481 e. The summed E-state index contributed by atoms with van der Waals surface area (Å²) in [7, 11) is 0. The Labute approximate surface area is 143 Å². The molecular formula is C17H15ClN2O4. The molecule has 1 aromatic heterocycles. The number of furan rings is 1. The molecule has 124 valence electrons. The van der Waals surface area contributed by atoms with Crippen LogP contribution in [0.1, 0.15) is 36.6 Å². The lowest BCUT2D eigenvalue weighted by Gasteiger charge is -2.22. The van der Waals surface area contributed by atoms with Crippen molar-refractivity contribution in [3.8, 4) is 0 Å². The molecule has 0 saturated heterocycles. The van der Waals surface area contributed by atoms with Gasteiger partial charge in [-0.25, -0.2) is 5.01 Å². The largest absolute Gasteiger partial charge is 0.481 e. The lowest BCUT2D eigenvalue weighted by molar-refractivity contribution is -0.141. The Bertz CT molecular complexity index is 786. The van der Waals surface area contributed by atoms with Gasteiger partial charge in [-0.15, -0.1) is 0 Å². The van der Waals surface area contributed by atoms with Crippen LogP contribution in [0.25, 0.3) is 0 Å². The van der Waals surface area contributed by atoms with Crippen LogP contribution in [-0.2, 0) is 9.59 Å². The Morgan fingerprint density at radius 1 is 1.25 bits per heavy atom. The first-order chi connectivity index (χ1) is 11.6. The molecule has 0 fully saturated rings. The van der Waals surface area contributed by atoms with Crippen molar-refractivity contribution >= 4 is 29.2 Å². The topological polar surface area (TPSA) is 83.1 Å². The molecule has 3 rings (SSSR count). The van der Waals surface area contributed by atoms with Gasteiger partial charge in [0, 0.05) is 17.9 Å². The summed E-state index contributed by atoms with van der Waals surface area (Å²) in [5, 5.41) is 15.0. The van der Waals surface area contributed by atoms with Crippen LogP contribution in [-0.4, -0.2) is 27.7 Å². The van der Waals surface area contributed by atoms with Gasteiger partial charge in [-0.2, -0.15) is 5.10 Å². The van der Waals surface area contributed by atoms with Crippen LogP contribution >= 0.6 is 11.6 Å². The maximum atomic E-state index is 12.4. The number of aliphatic carboxylic acids is 1. The monoisotopic (exact) mass is 346 g/mol. The van der Waals surface area contributed by atoms with E-state index in [-0.39, 0.29) is 24.8 Å². The Balaban J connectivity index is 1.91. The molecule has 1 amide bonds. The zero-order valence-corrected chi connectivity index (χ0v) is 13.4. The van der Waals surface area contributed by atoms with Gasteiger partial charge in [0.2, 0.25) is 5.91 Å². The van der Waals surface area contributed by atoms with E-state index in [4.69, 9.17) is 21.1 Å². The van der Waals surface area contributed by atoms with Crippen molar-refractivity contribution in [2.24, 2.45) is 5.10 Å². The van der Waals surface area contributed by atoms with Crippen molar-refractivity contribution in [3.63, 3.8) is 0 Å². The summed E-state index contributed by atoms with van der Waals surface area (Å²) in [6.45, 7) is 0. The molecule has 0 saturated carbocycles. The van der Waals surface area contributed by atoms with Gasteiger partial charge in [0.25, 0.3) is 0 Å². The molecule has 6 nitrogen and oxygen atoms in total. The summed E-state index contributed by atoms with van der Waals surface area (Å²) in [5.41, 5.74) is 1.40. The summed E-state index contributed by atoms with van der Waals surface area (Å²) in [6.07, 6.45) is 1.63. The van der Waals surface area contributed by atoms with Crippen LogP contribution < -0.4 is 0 Å². The first kappa shape index (κ1) is 16.3. The van der Waals surface area contributed by atoms with E-state index in [1.807, 2.05) is 18.2 Å². The van der Waals surface area contributed by atoms with Crippen LogP contribution in [0.3, 0.4) is 0 Å². The second kappa shape index (κ2) is 6.88. The summed E-state index contributed by atoms with van der Waals surface area (Å²) in [4.78, 5) is 23.2. The third-order valence-electron chi connectivity index (χ3n) is 3.79. The molecule has 2 aromatic rings. The first-order valence-corrected chi connectivity index (χ1v) is 7.83. The molecule has 1 aliphatic heterocycles. The Kier molecular flexibility index (Phi) is 4.66. The highest BCUT2D eigenvalue weighted by Gasteiger charge is 2.34. The highest BCUT2D eigenvalue weighted by molar-refractivity contribution is 6.31. The molecule has 0 radical (unpaired) electrons. The molecule has 0 bridgehead atoms. The maximum Gasteiger partial charge on any atom is 0.303 e. The normalized spacial score (nSPS) is 17.0. The summed E-state index contributed by atoms with van der Waals surface area (Å²) in [5.74, 6) is -0.795. The van der Waals surface area contributed by atoms with E-state index in [0.29, 0.717) is 22.9 Å². The number of halogens is 1. The number of carboxylic acids is 1. The molecule has 1 atom stereocenters. The molecule has 24 heavy (non-hydrogen) atoms. The fourth-order valence-corrected chi connectivity index (χ4v) is 2.91. The van der Waals surface area contributed by atoms with Crippen molar-refractivity contribution in [1.82, 2.24) is 5.01 Å². The number of carbonyl (C=O) groups is 2. The molecule has 7 heteroatoms. The quantitative estimate of drug-likeness (QED) is 0.898. The minimum absolute atomic E-state index is 0.120. The zero-order chi connectivity index (χ0) is 17.1. The number of amides is 1. The van der Waals surface area contributed by atoms with E-state index in [1.54, 1.807) is 18.2 Å². The van der Waals surface area contributed by atoms with Crippen LogP contribution in [0.2, 0.25) is 5.02 Å². The standard InChI is InChI=1S/C17H15ClN2O4/c18-12-5-2-1-4-11(12)14-10-13(15-6-3-9-24-15)19-20(14)16(21)7-8-17(22)23/h1-6,9,14H,7-8,10H2,(H,22,23). The van der Waals surface area contributed by atoms with Crippen molar-refractivity contribution in [3.05, 3.63) is 59.0 Å². The van der Waals surface area contributed by atoms with Crippen LogP contribution in [0.15, 0.2) is 52.2 Å². The smallest absolute Gasteiger partial charge is 0.303 e. The molecule has 1 aliphatic rings. The average Bonchev–Trinajstić information content (AvgIpc) is 3.22. The van der Waals surface area contributed by atoms with E-state index >= 15 is 0 Å². The number of carbonyl (C=O) groups excluding carboxylic acids is 1. The lowest BCUT2D eigenvalue weighted by Crippen LogP contribution is -2.27. The van der Waals surface area contributed by atoms with Gasteiger partial charge in [0.1, 0.15) is 11.5 Å². The van der Waals surface area contributed by atoms with E-state index in [2.05, 4.69) is 5.10 Å². The van der Waals surface area contributed by atoms with Gasteiger partial charge >= 0.3 is 5.97 Å². The third kappa shape index (κ3) is 3.33. The molecule has 0 aliphatic carbocycles. The van der Waals surface area contributed by atoms with Crippen molar-refractivity contribution in [2.45, 2.75) is 25.3 Å². The predicted octanol–water partition coefficient (Wildman–Crippen LogP) is 3.48. The number of benzene rings is 1. The van der Waals surface area contributed by atoms with E-state index in [0.717, 1.165) is 5.56 Å². The number of hydrogen-bond acceptors (Lipinski definition) is 4. The lowest BCUT2D eigenvalue weighted by atomic mass is 10.0. The van der Waals surface area contributed by atoms with Gasteiger partial charge in [0.05, 0.1) is 18.7 Å². The number of nitrogens with zero attached hydrogens (tertiary/aromatic N) is 2. The number of hydrazone groups is 1. The number of hydrogen-bond donors (Lipinski definition) is 1. The molecule has 2 heterocycles. The summed E-state index contributed by atoms with van der Waals surface area (Å²) < 4.78 is 5.36. The van der Waals surface area contributed by atoms with Gasteiger partial charge in [-0.1, -0.05) is 29.8 Å². The SMILES string of the molecule is O=C(O)CCC(=O)N1N=C(c2ccco2)CC1c1ccccc1Cl. The molecular weight excluding hydrogens is 332 g/mol. The molecule has 1 unspecified atom stereocenters. The van der Waals surface area contributed by atoms with Crippen molar-refractivity contribution in [1.29, 1.82) is 0 Å².